The minimum Gasteiger partial charge on any atom is -0.507 e. The van der Waals surface area contributed by atoms with E-state index in [1.807, 2.05) is 0 Å². The molecular formula is C25H25NO9. The third-order valence-electron chi connectivity index (χ3n) is 7.17. The second kappa shape index (κ2) is 8.21. The molecule has 0 spiro atoms. The third kappa shape index (κ3) is 3.57. The van der Waals surface area contributed by atoms with Gasteiger partial charge in [-0.25, -0.2) is 0 Å². The van der Waals surface area contributed by atoms with Gasteiger partial charge in [-0.1, -0.05) is 24.3 Å². The zero-order valence-electron chi connectivity index (χ0n) is 18.9. The van der Waals surface area contributed by atoms with Crippen LogP contribution < -0.4 is 5.73 Å². The number of fused-ring (bicyclic) bond motifs is 3. The van der Waals surface area contributed by atoms with Crippen LogP contribution in [0.3, 0.4) is 0 Å². The molecule has 1 unspecified atom stereocenters. The fourth-order valence-corrected chi connectivity index (χ4v) is 5.13. The lowest BCUT2D eigenvalue weighted by Gasteiger charge is -2.41. The molecule has 1 saturated heterocycles. The second-order valence-corrected chi connectivity index (χ2v) is 9.39. The maximum absolute atomic E-state index is 13.3. The van der Waals surface area contributed by atoms with E-state index in [-0.39, 0.29) is 59.3 Å². The summed E-state index contributed by atoms with van der Waals surface area (Å²) in [6, 6.07) is 6.10. The van der Waals surface area contributed by atoms with Gasteiger partial charge in [0, 0.05) is 41.5 Å². The van der Waals surface area contributed by atoms with Crippen LogP contribution >= 0.6 is 0 Å². The monoisotopic (exact) mass is 483 g/mol. The van der Waals surface area contributed by atoms with Crippen molar-refractivity contribution in [1.82, 2.24) is 0 Å². The van der Waals surface area contributed by atoms with Gasteiger partial charge in [0.05, 0.1) is 35.5 Å². The summed E-state index contributed by atoms with van der Waals surface area (Å²) in [5, 5.41) is 42.3. The van der Waals surface area contributed by atoms with Crippen molar-refractivity contribution in [3.05, 3.63) is 57.6 Å². The van der Waals surface area contributed by atoms with Gasteiger partial charge in [0.15, 0.2) is 17.9 Å². The number of ether oxygens (including phenoxy) is 2. The number of hydrogen-bond donors (Lipinski definition) is 5. The van der Waals surface area contributed by atoms with E-state index in [1.165, 1.54) is 19.1 Å². The van der Waals surface area contributed by atoms with Gasteiger partial charge in [-0.15, -0.1) is 0 Å². The zero-order chi connectivity index (χ0) is 25.2. The normalized spacial score (nSPS) is 29.8. The molecule has 35 heavy (non-hydrogen) atoms. The summed E-state index contributed by atoms with van der Waals surface area (Å²) >= 11 is 0. The van der Waals surface area contributed by atoms with Crippen LogP contribution in [0.25, 0.3) is 0 Å². The topological polar surface area (TPSA) is 177 Å². The van der Waals surface area contributed by atoms with E-state index in [0.29, 0.717) is 0 Å². The van der Waals surface area contributed by atoms with Crippen LogP contribution in [0.4, 0.5) is 0 Å². The van der Waals surface area contributed by atoms with Gasteiger partial charge in [-0.2, -0.15) is 0 Å². The van der Waals surface area contributed by atoms with Crippen LogP contribution in [-0.2, 0) is 20.7 Å². The quantitative estimate of drug-likeness (QED) is 0.332. The van der Waals surface area contributed by atoms with Crippen molar-refractivity contribution in [2.24, 2.45) is 5.73 Å². The number of carbonyl (C=O) groups excluding carboxylic acids is 3. The van der Waals surface area contributed by atoms with Crippen molar-refractivity contribution in [1.29, 1.82) is 0 Å². The summed E-state index contributed by atoms with van der Waals surface area (Å²) in [4.78, 5) is 39.0. The molecule has 0 amide bonds. The number of aliphatic hydroxyl groups excluding tert-OH is 2. The van der Waals surface area contributed by atoms with Crippen molar-refractivity contribution < 1.29 is 44.3 Å². The maximum Gasteiger partial charge on any atom is 0.198 e. The predicted molar refractivity (Wildman–Crippen MR) is 119 cm³/mol. The lowest BCUT2D eigenvalue weighted by atomic mass is 9.71. The first-order valence-corrected chi connectivity index (χ1v) is 11.3. The molecule has 3 aliphatic rings. The molecule has 5 rings (SSSR count). The Bertz CT molecular complexity index is 1270. The van der Waals surface area contributed by atoms with Crippen molar-refractivity contribution in [2.45, 2.75) is 56.3 Å². The summed E-state index contributed by atoms with van der Waals surface area (Å²) in [6.45, 7) is 1.09. The van der Waals surface area contributed by atoms with Gasteiger partial charge < -0.3 is 35.6 Å². The van der Waals surface area contributed by atoms with Crippen molar-refractivity contribution in [3.8, 4) is 11.5 Å². The number of phenolic OH excluding ortho intramolecular Hbond substituents is 2. The number of phenols is 2. The minimum absolute atomic E-state index is 0.0344. The largest absolute Gasteiger partial charge is 0.507 e. The molecule has 184 valence electrons. The summed E-state index contributed by atoms with van der Waals surface area (Å²) in [5.74, 6) is -2.74. The molecule has 2 aromatic carbocycles. The van der Waals surface area contributed by atoms with Crippen LogP contribution in [-0.4, -0.2) is 68.4 Å². The summed E-state index contributed by atoms with van der Waals surface area (Å²) in [5.41, 5.74) is 4.47. The number of ketones is 3. The van der Waals surface area contributed by atoms with Crippen LogP contribution in [0.5, 0.6) is 11.5 Å². The first kappa shape index (κ1) is 23.6. The minimum atomic E-state index is -1.50. The Balaban J connectivity index is 1.67. The van der Waals surface area contributed by atoms with E-state index in [1.54, 1.807) is 12.1 Å². The SMILES string of the molecule is CC(=O)[C@]1(N)Cc2c(O)c3c(c(O)c2[C@@H](OC2C[C@H](O)[C@H](O)CO2)C1)C(=O)c1ccccc1C3=O. The van der Waals surface area contributed by atoms with Crippen molar-refractivity contribution in [2.75, 3.05) is 6.61 Å². The average molecular weight is 483 g/mol. The van der Waals surface area contributed by atoms with E-state index >= 15 is 0 Å². The van der Waals surface area contributed by atoms with Gasteiger partial charge in [0.2, 0.25) is 0 Å². The summed E-state index contributed by atoms with van der Waals surface area (Å²) in [7, 11) is 0. The molecule has 1 fully saturated rings. The number of hydrogen-bond acceptors (Lipinski definition) is 10. The Morgan fingerprint density at radius 3 is 2.23 bits per heavy atom. The van der Waals surface area contributed by atoms with Crippen LogP contribution in [0, 0.1) is 0 Å². The number of Topliss-reactive ketones (excluding diaryl/α,β-unsaturated/α-hetero) is 1. The Kier molecular flexibility index (Phi) is 5.53. The molecule has 5 atom stereocenters. The van der Waals surface area contributed by atoms with Gasteiger partial charge >= 0.3 is 0 Å². The average Bonchev–Trinajstić information content (AvgIpc) is 2.82. The van der Waals surface area contributed by atoms with Crippen LogP contribution in [0.1, 0.15) is 68.8 Å². The molecule has 10 heteroatoms. The van der Waals surface area contributed by atoms with Gasteiger partial charge in [-0.05, 0) is 6.92 Å². The van der Waals surface area contributed by atoms with Gasteiger partial charge in [-0.3, -0.25) is 14.4 Å². The first-order valence-electron chi connectivity index (χ1n) is 11.3. The number of aromatic hydroxyl groups is 2. The molecule has 10 nitrogen and oxygen atoms in total. The molecule has 1 aliphatic heterocycles. The fourth-order valence-electron chi connectivity index (χ4n) is 5.13. The fraction of sp³-hybridized carbons (Fsp3) is 0.400. The van der Waals surface area contributed by atoms with E-state index < -0.39 is 59.0 Å². The zero-order valence-corrected chi connectivity index (χ0v) is 18.9. The van der Waals surface area contributed by atoms with E-state index in [4.69, 9.17) is 15.2 Å². The van der Waals surface area contributed by atoms with Crippen molar-refractivity contribution >= 4 is 17.3 Å². The molecule has 0 saturated carbocycles. The van der Waals surface area contributed by atoms with E-state index in [9.17, 15) is 34.8 Å². The molecular weight excluding hydrogens is 458 g/mol. The Morgan fingerprint density at radius 2 is 1.66 bits per heavy atom. The highest BCUT2D eigenvalue weighted by atomic mass is 16.7. The van der Waals surface area contributed by atoms with Crippen molar-refractivity contribution in [3.63, 3.8) is 0 Å². The summed E-state index contributed by atoms with van der Waals surface area (Å²) < 4.78 is 11.4. The van der Waals surface area contributed by atoms with E-state index in [2.05, 4.69) is 0 Å². The molecule has 1 heterocycles. The smallest absolute Gasteiger partial charge is 0.198 e. The first-order chi connectivity index (χ1) is 16.5. The Morgan fingerprint density at radius 1 is 1.06 bits per heavy atom. The number of nitrogens with two attached hydrogens (primary N) is 1. The lowest BCUT2D eigenvalue weighted by molar-refractivity contribution is -0.238. The lowest BCUT2D eigenvalue weighted by Crippen LogP contribution is -2.53. The standard InChI is InChI=1S/C25H25NO9/c1-10(27)25(26)7-13-18(16(8-25)35-17-6-14(28)15(29)9-34-17)24(33)20-19(23(13)32)21(30)11-4-2-3-5-12(11)22(20)31/h2-5,14-17,28-29,32-33H,6-9,26H2,1H3/t14-,15+,16-,17?,25-/m0/s1. The number of benzene rings is 2. The highest BCUT2D eigenvalue weighted by Gasteiger charge is 2.48. The highest BCUT2D eigenvalue weighted by Crippen LogP contribution is 2.51. The van der Waals surface area contributed by atoms with Gasteiger partial charge in [0.25, 0.3) is 0 Å². The maximum atomic E-state index is 13.3. The molecule has 0 radical (unpaired) electrons. The number of aliphatic hydroxyl groups is 2. The summed E-state index contributed by atoms with van der Waals surface area (Å²) in [6.07, 6.45) is -4.74. The second-order valence-electron chi connectivity index (χ2n) is 9.39. The number of rotatable bonds is 3. The number of carbonyl (C=O) groups is 3. The predicted octanol–water partition coefficient (Wildman–Crippen LogP) is 0.632. The Hall–Kier alpha value is -3.15. The molecule has 2 aromatic rings. The van der Waals surface area contributed by atoms with Gasteiger partial charge in [0.1, 0.15) is 23.4 Å². The highest BCUT2D eigenvalue weighted by molar-refractivity contribution is 6.30. The van der Waals surface area contributed by atoms with E-state index in [0.717, 1.165) is 0 Å². The molecule has 0 bridgehead atoms. The van der Waals surface area contributed by atoms with Crippen LogP contribution in [0.2, 0.25) is 0 Å². The Labute approximate surface area is 199 Å². The molecule has 2 aliphatic carbocycles. The van der Waals surface area contributed by atoms with Crippen LogP contribution in [0.15, 0.2) is 24.3 Å². The third-order valence-corrected chi connectivity index (χ3v) is 7.17. The molecule has 0 aromatic heterocycles. The molecule has 6 N–H and O–H groups in total.